The Morgan fingerprint density at radius 3 is 2.80 bits per heavy atom. The number of rotatable bonds is 8. The van der Waals surface area contributed by atoms with Crippen LogP contribution in [0.15, 0.2) is 5.16 Å². The Kier molecular flexibility index (Phi) is 5.84. The third-order valence-corrected chi connectivity index (χ3v) is 3.92. The number of nitrogens with two attached hydrogens (primary N) is 1. The summed E-state index contributed by atoms with van der Waals surface area (Å²) in [7, 11) is -5.68. The molecule has 0 aromatic heterocycles. The Balaban J connectivity index is 2.14. The van der Waals surface area contributed by atoms with E-state index >= 15 is 0 Å². The number of hydrogen-bond acceptors (Lipinski definition) is 9. The lowest BCUT2D eigenvalue weighted by Crippen LogP contribution is -2.51. The number of urea groups is 1. The highest BCUT2D eigenvalue weighted by atomic mass is 32.3. The highest BCUT2D eigenvalue weighted by Crippen LogP contribution is 2.29. The van der Waals surface area contributed by atoms with Crippen LogP contribution >= 0.6 is 0 Å². The van der Waals surface area contributed by atoms with E-state index in [9.17, 15) is 18.0 Å². The zero-order valence-corrected chi connectivity index (χ0v) is 14.0. The normalized spacial score (nSPS) is 24.8. The standard InChI is InChI=1S/C10H18BN5O8S/c1-11(19)13-2-3-23-14-6-4-7(9(12)17)15-5-8(6)16(10(15)18)24-25(20,21)22/h7-8,13,19H,2-5H2,1H3,(H2,12,17)(H,20,21,22)/b14-6-/t7-,8-/m0/s1. The fraction of sp³-hybridized carbons (Fsp3) is 0.700. The number of nitrogens with one attached hydrogen (secondary N) is 1. The summed E-state index contributed by atoms with van der Waals surface area (Å²) in [4.78, 5) is 29.8. The highest BCUT2D eigenvalue weighted by molar-refractivity contribution is 7.80. The van der Waals surface area contributed by atoms with Crippen molar-refractivity contribution in [2.75, 3.05) is 19.7 Å². The zero-order valence-electron chi connectivity index (χ0n) is 13.2. The summed E-state index contributed by atoms with van der Waals surface area (Å²) in [5, 5.41) is 15.9. The number of carbonyl (C=O) groups excluding carboxylic acids is 2. The van der Waals surface area contributed by atoms with Crippen molar-refractivity contribution in [3.63, 3.8) is 0 Å². The molecule has 0 aromatic rings. The van der Waals surface area contributed by atoms with E-state index in [0.29, 0.717) is 5.06 Å². The van der Waals surface area contributed by atoms with E-state index in [0.717, 1.165) is 4.90 Å². The molecule has 3 amide bonds. The summed E-state index contributed by atoms with van der Waals surface area (Å²) in [6.45, 7) is 1.76. The van der Waals surface area contributed by atoms with Crippen LogP contribution in [0, 0.1) is 0 Å². The quantitative estimate of drug-likeness (QED) is 0.149. The van der Waals surface area contributed by atoms with E-state index in [-0.39, 0.29) is 31.8 Å². The molecule has 140 valence electrons. The van der Waals surface area contributed by atoms with Gasteiger partial charge in [0.15, 0.2) is 0 Å². The molecule has 0 aliphatic carbocycles. The van der Waals surface area contributed by atoms with Crippen molar-refractivity contribution in [1.82, 2.24) is 15.2 Å². The Morgan fingerprint density at radius 2 is 2.24 bits per heavy atom. The van der Waals surface area contributed by atoms with E-state index in [1.165, 1.54) is 6.82 Å². The zero-order chi connectivity index (χ0) is 18.8. The molecule has 2 atom stereocenters. The van der Waals surface area contributed by atoms with Gasteiger partial charge in [0.2, 0.25) is 5.91 Å². The third kappa shape index (κ3) is 4.79. The van der Waals surface area contributed by atoms with E-state index < -0.39 is 41.5 Å². The molecular formula is C10H18BN5O8S. The molecule has 5 N–H and O–H groups in total. The fourth-order valence-corrected chi connectivity index (χ4v) is 2.89. The maximum absolute atomic E-state index is 12.2. The van der Waals surface area contributed by atoms with Gasteiger partial charge in [-0.3, -0.25) is 9.35 Å². The van der Waals surface area contributed by atoms with Crippen LogP contribution in [0.25, 0.3) is 0 Å². The number of primary amides is 1. The number of amides is 3. The molecule has 13 nitrogen and oxygen atoms in total. The highest BCUT2D eigenvalue weighted by Gasteiger charge is 2.52. The van der Waals surface area contributed by atoms with Gasteiger partial charge < -0.3 is 25.7 Å². The Morgan fingerprint density at radius 1 is 1.56 bits per heavy atom. The maximum atomic E-state index is 12.2. The van der Waals surface area contributed by atoms with Crippen LogP contribution in [-0.2, 0) is 24.3 Å². The molecule has 2 saturated heterocycles. The first-order valence-electron chi connectivity index (χ1n) is 7.26. The molecule has 2 rings (SSSR count). The van der Waals surface area contributed by atoms with E-state index in [1.807, 2.05) is 0 Å². The number of oxime groups is 1. The number of piperidine rings is 1. The van der Waals surface area contributed by atoms with E-state index in [2.05, 4.69) is 14.7 Å². The molecule has 0 spiro atoms. The number of hydroxylamine groups is 2. The van der Waals surface area contributed by atoms with Crippen molar-refractivity contribution in [2.24, 2.45) is 10.9 Å². The van der Waals surface area contributed by atoms with Gasteiger partial charge in [-0.05, 0) is 6.82 Å². The predicted molar refractivity (Wildman–Crippen MR) is 83.2 cm³/mol. The van der Waals surface area contributed by atoms with Crippen LogP contribution in [0.3, 0.4) is 0 Å². The molecular weight excluding hydrogens is 361 g/mol. The molecule has 25 heavy (non-hydrogen) atoms. The van der Waals surface area contributed by atoms with Crippen molar-refractivity contribution in [3.8, 4) is 0 Å². The summed E-state index contributed by atoms with van der Waals surface area (Å²) in [6.07, 6.45) is -0.0685. The van der Waals surface area contributed by atoms with Crippen LogP contribution in [-0.4, -0.2) is 84.4 Å². The van der Waals surface area contributed by atoms with Gasteiger partial charge in [0.25, 0.3) is 0 Å². The lowest BCUT2D eigenvalue weighted by molar-refractivity contribution is -0.122. The molecule has 2 aliphatic heterocycles. The van der Waals surface area contributed by atoms with Gasteiger partial charge in [0.05, 0.1) is 12.3 Å². The Labute approximate surface area is 143 Å². The molecule has 0 unspecified atom stereocenters. The number of carbonyl (C=O) groups is 2. The van der Waals surface area contributed by atoms with Gasteiger partial charge in [-0.2, -0.15) is 13.5 Å². The van der Waals surface area contributed by atoms with Gasteiger partial charge in [0.1, 0.15) is 18.7 Å². The Hall–Kier alpha value is -1.94. The lowest BCUT2D eigenvalue weighted by atomic mass is 9.89. The van der Waals surface area contributed by atoms with Crippen molar-refractivity contribution < 1.29 is 36.7 Å². The molecule has 0 aromatic carbocycles. The van der Waals surface area contributed by atoms with Crippen LogP contribution in [0.1, 0.15) is 6.42 Å². The minimum atomic E-state index is -4.95. The SMILES string of the molecule is CB(O)NCCO/N=C1/C[C@@H](C(N)=O)N2C[C@@H]1N(OS(=O)(=O)O)C2=O. The number of nitrogens with zero attached hydrogens (tertiary/aromatic N) is 3. The lowest BCUT2D eigenvalue weighted by Gasteiger charge is -2.28. The van der Waals surface area contributed by atoms with Crippen LogP contribution in [0.4, 0.5) is 4.79 Å². The monoisotopic (exact) mass is 379 g/mol. The van der Waals surface area contributed by atoms with Crippen molar-refractivity contribution in [3.05, 3.63) is 0 Å². The van der Waals surface area contributed by atoms with Gasteiger partial charge in [-0.15, -0.1) is 4.28 Å². The number of fused-ring (bicyclic) bond motifs is 2. The summed E-state index contributed by atoms with van der Waals surface area (Å²) >= 11 is 0. The van der Waals surface area contributed by atoms with Gasteiger partial charge in [-0.25, -0.2) is 4.79 Å². The molecule has 2 fully saturated rings. The summed E-state index contributed by atoms with van der Waals surface area (Å²) in [5.74, 6) is -0.802. The second-order valence-corrected chi connectivity index (χ2v) is 6.45. The minimum Gasteiger partial charge on any atom is -0.437 e. The third-order valence-electron chi connectivity index (χ3n) is 3.57. The van der Waals surface area contributed by atoms with Gasteiger partial charge in [-0.1, -0.05) is 5.16 Å². The minimum absolute atomic E-state index is 0.0685. The van der Waals surface area contributed by atoms with Crippen molar-refractivity contribution in [1.29, 1.82) is 0 Å². The first-order chi connectivity index (χ1) is 11.6. The van der Waals surface area contributed by atoms with Gasteiger partial charge >= 0.3 is 23.5 Å². The molecule has 2 heterocycles. The van der Waals surface area contributed by atoms with Crippen molar-refractivity contribution >= 4 is 35.1 Å². The average Bonchev–Trinajstić information content (AvgIpc) is 2.73. The maximum Gasteiger partial charge on any atom is 0.418 e. The van der Waals surface area contributed by atoms with Gasteiger partial charge in [0, 0.05) is 13.0 Å². The molecule has 0 saturated carbocycles. The van der Waals surface area contributed by atoms with E-state index in [4.69, 9.17) is 20.1 Å². The van der Waals surface area contributed by atoms with Crippen LogP contribution in [0.2, 0.25) is 6.82 Å². The van der Waals surface area contributed by atoms with Crippen molar-refractivity contribution in [2.45, 2.75) is 25.3 Å². The fourth-order valence-electron chi connectivity index (χ4n) is 2.52. The molecule has 2 aliphatic rings. The summed E-state index contributed by atoms with van der Waals surface area (Å²) in [6, 6.07) is -2.95. The summed E-state index contributed by atoms with van der Waals surface area (Å²) in [5.41, 5.74) is 5.42. The largest absolute Gasteiger partial charge is 0.437 e. The average molecular weight is 379 g/mol. The molecule has 15 heteroatoms. The predicted octanol–water partition coefficient (Wildman–Crippen LogP) is -2.84. The molecule has 2 bridgehead atoms. The second-order valence-electron chi connectivity index (χ2n) is 5.45. The van der Waals surface area contributed by atoms with Crippen LogP contribution in [0.5, 0.6) is 0 Å². The summed E-state index contributed by atoms with van der Waals surface area (Å²) < 4.78 is 35.0. The Bertz CT molecular complexity index is 670. The van der Waals surface area contributed by atoms with Crippen LogP contribution < -0.4 is 11.0 Å². The van der Waals surface area contributed by atoms with E-state index in [1.54, 1.807) is 0 Å². The topological polar surface area (TPSA) is 184 Å². The first-order valence-corrected chi connectivity index (χ1v) is 8.63. The first kappa shape index (κ1) is 19.4. The smallest absolute Gasteiger partial charge is 0.418 e. The second kappa shape index (κ2) is 7.53. The number of hydrogen-bond donors (Lipinski definition) is 4. The molecule has 0 radical (unpaired) electrons.